The van der Waals surface area contributed by atoms with Crippen LogP contribution in [0.25, 0.3) is 28.1 Å². The zero-order valence-corrected chi connectivity index (χ0v) is 18.7. The summed E-state index contributed by atoms with van der Waals surface area (Å²) in [6.45, 7) is 4.23. The molecule has 0 saturated heterocycles. The van der Waals surface area contributed by atoms with Crippen molar-refractivity contribution >= 4 is 34.1 Å². The number of carbonyl (C=O) groups excluding carboxylic acids is 1. The number of para-hydroxylation sites is 1. The molecule has 0 aliphatic carbocycles. The summed E-state index contributed by atoms with van der Waals surface area (Å²) in [4.78, 5) is 11.6. The summed E-state index contributed by atoms with van der Waals surface area (Å²) < 4.78 is 4.95. The Bertz CT molecular complexity index is 1330. The molecule has 166 valence electrons. The Hall–Kier alpha value is -4.12. The van der Waals surface area contributed by atoms with E-state index in [2.05, 4.69) is 29.3 Å². The molecule has 0 bridgehead atoms. The molecule has 5 nitrogen and oxygen atoms in total. The second-order valence-electron chi connectivity index (χ2n) is 7.60. The lowest BCUT2D eigenvalue weighted by atomic mass is 9.87. The van der Waals surface area contributed by atoms with E-state index in [0.717, 1.165) is 50.7 Å². The molecule has 0 unspecified atom stereocenters. The number of benzene rings is 3. The van der Waals surface area contributed by atoms with E-state index in [-0.39, 0.29) is 11.7 Å². The van der Waals surface area contributed by atoms with Crippen LogP contribution in [-0.2, 0) is 9.53 Å². The van der Waals surface area contributed by atoms with Gasteiger partial charge < -0.3 is 9.84 Å². The molecule has 5 heteroatoms. The average Bonchev–Trinajstić information content (AvgIpc) is 3.30. The van der Waals surface area contributed by atoms with Crippen LogP contribution < -0.4 is 0 Å². The van der Waals surface area contributed by atoms with Crippen molar-refractivity contribution in [1.82, 2.24) is 10.2 Å². The van der Waals surface area contributed by atoms with Gasteiger partial charge in [-0.3, -0.25) is 5.10 Å². The van der Waals surface area contributed by atoms with Crippen LogP contribution in [0.1, 0.15) is 42.5 Å². The molecule has 4 aromatic rings. The molecule has 0 atom stereocenters. The van der Waals surface area contributed by atoms with Crippen molar-refractivity contribution in [3.8, 4) is 5.75 Å². The smallest absolute Gasteiger partial charge is 0.330 e. The fourth-order valence-electron chi connectivity index (χ4n) is 3.96. The number of rotatable bonds is 7. The van der Waals surface area contributed by atoms with Crippen molar-refractivity contribution in [2.24, 2.45) is 0 Å². The first-order valence-electron chi connectivity index (χ1n) is 11.0. The van der Waals surface area contributed by atoms with Crippen molar-refractivity contribution < 1.29 is 14.6 Å². The third-order valence-corrected chi connectivity index (χ3v) is 5.51. The van der Waals surface area contributed by atoms with Crippen LogP contribution in [0.2, 0.25) is 0 Å². The van der Waals surface area contributed by atoms with Crippen molar-refractivity contribution in [2.45, 2.75) is 20.3 Å². The first-order chi connectivity index (χ1) is 16.1. The van der Waals surface area contributed by atoms with Gasteiger partial charge in [0.15, 0.2) is 0 Å². The molecular weight excluding hydrogens is 412 g/mol. The van der Waals surface area contributed by atoms with Gasteiger partial charge in [-0.25, -0.2) is 4.79 Å². The first-order valence-corrected chi connectivity index (χ1v) is 11.0. The lowest BCUT2D eigenvalue weighted by Gasteiger charge is -2.17. The van der Waals surface area contributed by atoms with Crippen LogP contribution in [0.3, 0.4) is 0 Å². The number of phenolic OH excluding ortho intramolecular Hbond substituents is 1. The van der Waals surface area contributed by atoms with E-state index >= 15 is 0 Å². The molecule has 33 heavy (non-hydrogen) atoms. The van der Waals surface area contributed by atoms with Crippen LogP contribution in [-0.4, -0.2) is 27.9 Å². The zero-order chi connectivity index (χ0) is 23.2. The van der Waals surface area contributed by atoms with Gasteiger partial charge >= 0.3 is 5.97 Å². The highest BCUT2D eigenvalue weighted by Gasteiger charge is 2.16. The lowest BCUT2D eigenvalue weighted by molar-refractivity contribution is -0.137. The minimum absolute atomic E-state index is 0.255. The van der Waals surface area contributed by atoms with E-state index in [1.54, 1.807) is 19.1 Å². The molecule has 0 aliphatic heterocycles. The summed E-state index contributed by atoms with van der Waals surface area (Å²) in [5.41, 5.74) is 6.84. The summed E-state index contributed by atoms with van der Waals surface area (Å²) in [7, 11) is 0. The number of carbonyl (C=O) groups is 1. The molecule has 0 fully saturated rings. The SMILES string of the molecule is CCOC(=O)/C=C/c1ccc(/C(=C(/CC)c2ccccc2O)c2ccc3[nH]ncc3c2)cc1. The van der Waals surface area contributed by atoms with Crippen LogP contribution in [0, 0.1) is 0 Å². The molecule has 3 aromatic carbocycles. The molecule has 0 radical (unpaired) electrons. The number of hydrogen-bond donors (Lipinski definition) is 2. The van der Waals surface area contributed by atoms with Crippen LogP contribution in [0.4, 0.5) is 0 Å². The predicted molar refractivity (Wildman–Crippen MR) is 133 cm³/mol. The molecule has 0 saturated carbocycles. The fraction of sp³-hybridized carbons (Fsp3) is 0.143. The maximum absolute atomic E-state index is 11.6. The maximum Gasteiger partial charge on any atom is 0.330 e. The number of aromatic amines is 1. The summed E-state index contributed by atoms with van der Waals surface area (Å²) in [6.07, 6.45) is 5.72. The molecular formula is C28H26N2O3. The zero-order valence-electron chi connectivity index (χ0n) is 18.7. The molecule has 1 heterocycles. The number of ether oxygens (including phenoxy) is 1. The minimum Gasteiger partial charge on any atom is -0.507 e. The summed E-state index contributed by atoms with van der Waals surface area (Å²) in [5, 5.41) is 18.8. The second kappa shape index (κ2) is 10.0. The Morgan fingerprint density at radius 3 is 2.52 bits per heavy atom. The van der Waals surface area contributed by atoms with E-state index in [9.17, 15) is 9.90 Å². The van der Waals surface area contributed by atoms with Gasteiger partial charge in [0.2, 0.25) is 0 Å². The lowest BCUT2D eigenvalue weighted by Crippen LogP contribution is -1.98. The number of H-pyrrole nitrogens is 1. The Morgan fingerprint density at radius 1 is 1.03 bits per heavy atom. The predicted octanol–water partition coefficient (Wildman–Crippen LogP) is 6.21. The highest BCUT2D eigenvalue weighted by atomic mass is 16.5. The Labute approximate surface area is 193 Å². The number of nitrogens with one attached hydrogen (secondary N) is 1. The number of nitrogens with zero attached hydrogens (tertiary/aromatic N) is 1. The average molecular weight is 439 g/mol. The summed E-state index contributed by atoms with van der Waals surface area (Å²) >= 11 is 0. The van der Waals surface area contributed by atoms with Crippen molar-refractivity contribution in [3.63, 3.8) is 0 Å². The topological polar surface area (TPSA) is 75.2 Å². The fourth-order valence-corrected chi connectivity index (χ4v) is 3.96. The molecule has 0 aliphatic rings. The van der Waals surface area contributed by atoms with Gasteiger partial charge in [-0.05, 0) is 65.5 Å². The molecule has 2 N–H and O–H groups in total. The van der Waals surface area contributed by atoms with Gasteiger partial charge in [-0.2, -0.15) is 5.10 Å². The monoisotopic (exact) mass is 438 g/mol. The Kier molecular flexibility index (Phi) is 6.69. The van der Waals surface area contributed by atoms with E-state index in [1.807, 2.05) is 54.7 Å². The number of aromatic hydroxyl groups is 1. The van der Waals surface area contributed by atoms with Crippen LogP contribution in [0.5, 0.6) is 5.75 Å². The molecule has 1 aromatic heterocycles. The largest absolute Gasteiger partial charge is 0.507 e. The standard InChI is InChI=1S/C28H26N2O3/c1-3-23(24-7-5-6-8-26(24)31)28(21-14-15-25-22(17-21)18-29-30-25)20-12-9-19(10-13-20)11-16-27(32)33-4-2/h5-18,31H,3-4H2,1-2H3,(H,29,30)/b16-11+,28-23+. The van der Waals surface area contributed by atoms with Gasteiger partial charge in [0.1, 0.15) is 5.75 Å². The third kappa shape index (κ3) is 4.88. The third-order valence-electron chi connectivity index (χ3n) is 5.51. The van der Waals surface area contributed by atoms with E-state index < -0.39 is 0 Å². The number of phenols is 1. The highest BCUT2D eigenvalue weighted by Crippen LogP contribution is 2.38. The Morgan fingerprint density at radius 2 is 1.79 bits per heavy atom. The maximum atomic E-state index is 11.6. The number of allylic oxidation sites excluding steroid dienone is 1. The normalized spacial score (nSPS) is 12.2. The van der Waals surface area contributed by atoms with Crippen LogP contribution in [0.15, 0.2) is 79.0 Å². The van der Waals surface area contributed by atoms with Gasteiger partial charge in [-0.15, -0.1) is 0 Å². The number of esters is 1. The van der Waals surface area contributed by atoms with E-state index in [0.29, 0.717) is 6.61 Å². The van der Waals surface area contributed by atoms with Crippen molar-refractivity contribution in [1.29, 1.82) is 0 Å². The molecule has 0 spiro atoms. The van der Waals surface area contributed by atoms with Crippen LogP contribution >= 0.6 is 0 Å². The van der Waals surface area contributed by atoms with Gasteiger partial charge in [0.25, 0.3) is 0 Å². The summed E-state index contributed by atoms with van der Waals surface area (Å²) in [5.74, 6) is -0.103. The summed E-state index contributed by atoms with van der Waals surface area (Å²) in [6, 6.07) is 21.6. The number of fused-ring (bicyclic) bond motifs is 1. The van der Waals surface area contributed by atoms with Crippen molar-refractivity contribution in [2.75, 3.05) is 6.61 Å². The van der Waals surface area contributed by atoms with Gasteiger partial charge in [0, 0.05) is 17.0 Å². The quantitative estimate of drug-likeness (QED) is 0.204. The second-order valence-corrected chi connectivity index (χ2v) is 7.60. The Balaban J connectivity index is 1.84. The number of aromatic nitrogens is 2. The minimum atomic E-state index is -0.358. The molecule has 0 amide bonds. The first kappa shape index (κ1) is 22.1. The molecule has 4 rings (SSSR count). The van der Waals surface area contributed by atoms with Gasteiger partial charge in [0.05, 0.1) is 18.3 Å². The number of hydrogen-bond acceptors (Lipinski definition) is 4. The van der Waals surface area contributed by atoms with Gasteiger partial charge in [-0.1, -0.05) is 55.5 Å². The van der Waals surface area contributed by atoms with Crippen molar-refractivity contribution in [3.05, 3.63) is 101 Å². The van der Waals surface area contributed by atoms with E-state index in [4.69, 9.17) is 4.74 Å². The van der Waals surface area contributed by atoms with E-state index in [1.165, 1.54) is 6.08 Å². The highest BCUT2D eigenvalue weighted by molar-refractivity contribution is 6.01.